The van der Waals surface area contributed by atoms with Crippen LogP contribution in [0.4, 0.5) is 0 Å². The number of halogens is 1. The fourth-order valence-electron chi connectivity index (χ4n) is 6.90. The monoisotopic (exact) mass is 591 g/mol. The summed E-state index contributed by atoms with van der Waals surface area (Å²) in [6.45, 7) is 5.72. The number of rotatable bonds is 9. The third-order valence-electron chi connectivity index (χ3n) is 9.09. The molecule has 3 atom stereocenters. The van der Waals surface area contributed by atoms with Crippen LogP contribution in [0, 0.1) is 17.3 Å². The number of piperidine rings is 1. The van der Waals surface area contributed by atoms with E-state index in [9.17, 15) is 9.59 Å². The van der Waals surface area contributed by atoms with E-state index < -0.39 is 12.1 Å². The van der Waals surface area contributed by atoms with E-state index in [4.69, 9.17) is 17.3 Å². The molecule has 0 spiro atoms. The van der Waals surface area contributed by atoms with E-state index in [1.165, 1.54) is 5.56 Å². The second-order valence-corrected chi connectivity index (χ2v) is 13.0. The second-order valence-electron chi connectivity index (χ2n) is 12.6. The van der Waals surface area contributed by atoms with Gasteiger partial charge in [0.25, 0.3) is 0 Å². The summed E-state index contributed by atoms with van der Waals surface area (Å²) in [4.78, 5) is 29.7. The first-order chi connectivity index (χ1) is 20.1. The molecule has 224 valence electrons. The van der Waals surface area contributed by atoms with E-state index in [2.05, 4.69) is 40.8 Å². The zero-order chi connectivity index (χ0) is 29.9. The van der Waals surface area contributed by atoms with E-state index in [1.807, 2.05) is 54.4 Å². The summed E-state index contributed by atoms with van der Waals surface area (Å²) in [5.41, 5.74) is 9.77. The maximum Gasteiger partial charge on any atom is 0.245 e. The molecule has 1 aromatic heterocycles. The molecule has 10 heteroatoms. The number of likely N-dealkylation sites (tertiary alicyclic amines) is 1. The van der Waals surface area contributed by atoms with Crippen LogP contribution in [-0.4, -0.2) is 56.1 Å². The van der Waals surface area contributed by atoms with Gasteiger partial charge in [-0.05, 0) is 82.7 Å². The van der Waals surface area contributed by atoms with Crippen LogP contribution < -0.4 is 11.1 Å². The predicted octanol–water partition coefficient (Wildman–Crippen LogP) is 4.05. The highest BCUT2D eigenvalue weighted by Crippen LogP contribution is 2.40. The zero-order valence-electron chi connectivity index (χ0n) is 24.8. The Labute approximate surface area is 253 Å². The van der Waals surface area contributed by atoms with Gasteiger partial charge in [-0.2, -0.15) is 0 Å². The molecule has 42 heavy (non-hydrogen) atoms. The van der Waals surface area contributed by atoms with Gasteiger partial charge >= 0.3 is 0 Å². The molecule has 3 N–H and O–H groups in total. The van der Waals surface area contributed by atoms with Gasteiger partial charge in [0.15, 0.2) is 5.82 Å². The van der Waals surface area contributed by atoms with Crippen molar-refractivity contribution < 1.29 is 9.59 Å². The van der Waals surface area contributed by atoms with Crippen molar-refractivity contribution >= 4 is 23.4 Å². The summed E-state index contributed by atoms with van der Waals surface area (Å²) in [6, 6.07) is 14.4. The van der Waals surface area contributed by atoms with Crippen molar-refractivity contribution in [2.45, 2.75) is 70.9 Å². The van der Waals surface area contributed by atoms with Crippen molar-refractivity contribution in [1.29, 1.82) is 0 Å². The Balaban J connectivity index is 1.32. The van der Waals surface area contributed by atoms with Gasteiger partial charge in [0, 0.05) is 44.0 Å². The van der Waals surface area contributed by atoms with Crippen LogP contribution >= 0.6 is 11.6 Å². The Hall–Kier alpha value is -3.30. The van der Waals surface area contributed by atoms with Crippen molar-refractivity contribution in [2.24, 2.45) is 30.0 Å². The lowest BCUT2D eigenvalue weighted by Crippen LogP contribution is -2.55. The number of carbonyl (C=O) groups is 2. The summed E-state index contributed by atoms with van der Waals surface area (Å²) in [5, 5.41) is 15.9. The van der Waals surface area contributed by atoms with Gasteiger partial charge < -0.3 is 16.0 Å². The molecule has 3 aromatic rings. The Morgan fingerprint density at radius 3 is 2.50 bits per heavy atom. The molecular formula is C32H42ClN7O2. The molecule has 1 aliphatic heterocycles. The van der Waals surface area contributed by atoms with Crippen LogP contribution in [0.15, 0.2) is 48.5 Å². The Morgan fingerprint density at radius 2 is 1.83 bits per heavy atom. The van der Waals surface area contributed by atoms with Crippen molar-refractivity contribution in [3.05, 3.63) is 76.1 Å². The number of amides is 2. The molecule has 2 aliphatic rings. The first kappa shape index (κ1) is 30.2. The number of nitrogens with one attached hydrogen (secondary N) is 1. The number of fused-ring (bicyclic) bond motifs is 1. The minimum atomic E-state index is -0.691. The molecule has 0 saturated carbocycles. The van der Waals surface area contributed by atoms with Crippen molar-refractivity contribution in [2.75, 3.05) is 13.1 Å². The average Bonchev–Trinajstić information content (AvgIpc) is 3.37. The maximum absolute atomic E-state index is 14.1. The molecule has 9 nitrogen and oxygen atoms in total. The van der Waals surface area contributed by atoms with Crippen LogP contribution in [0.2, 0.25) is 5.02 Å². The third-order valence-corrected chi connectivity index (χ3v) is 9.35. The van der Waals surface area contributed by atoms with E-state index >= 15 is 0 Å². The summed E-state index contributed by atoms with van der Waals surface area (Å²) in [5.74, 6) is 0.774. The molecule has 2 unspecified atom stereocenters. The largest absolute Gasteiger partial charge is 0.344 e. The number of aryl methyl sites for hydroxylation is 2. The van der Waals surface area contributed by atoms with Crippen molar-refractivity contribution in [3.8, 4) is 0 Å². The highest BCUT2D eigenvalue weighted by Gasteiger charge is 2.40. The molecule has 0 radical (unpaired) electrons. The minimum absolute atomic E-state index is 0.0185. The van der Waals surface area contributed by atoms with Gasteiger partial charge in [-0.15, -0.1) is 5.10 Å². The normalized spacial score (nSPS) is 20.7. The Bertz CT molecular complexity index is 1380. The lowest BCUT2D eigenvalue weighted by molar-refractivity contribution is -0.139. The molecule has 1 fully saturated rings. The minimum Gasteiger partial charge on any atom is -0.344 e. The molecule has 2 heterocycles. The maximum atomic E-state index is 14.1. The molecule has 1 saturated heterocycles. The first-order valence-electron chi connectivity index (χ1n) is 15.0. The summed E-state index contributed by atoms with van der Waals surface area (Å²) < 4.78 is 1.74. The number of aromatic nitrogens is 4. The lowest BCUT2D eigenvalue weighted by atomic mass is 9.70. The average molecular weight is 592 g/mol. The molecule has 0 bridgehead atoms. The number of hydrogen-bond donors (Lipinski definition) is 2. The lowest BCUT2D eigenvalue weighted by Gasteiger charge is -2.43. The SMILES string of the molecule is CC(C)CC1(Cc2nnnn2C)CCN(C(=O)[C@@H](Cc2ccc(Cl)cc2)NC(=O)C2CCc3ccccc3C2N)CC1. The Kier molecular flexibility index (Phi) is 9.28. The van der Waals surface area contributed by atoms with Crippen LogP contribution in [-0.2, 0) is 35.9 Å². The van der Waals surface area contributed by atoms with Crippen LogP contribution in [0.5, 0.6) is 0 Å². The molecule has 2 amide bonds. The van der Waals surface area contributed by atoms with Gasteiger partial charge in [0.2, 0.25) is 11.8 Å². The standard InChI is InChI=1S/C32H42ClN7O2/c1-21(2)19-32(20-28-36-37-38-39(28)3)14-16-40(17-15-32)31(42)27(18-22-8-11-24(33)12-9-22)35-30(41)26-13-10-23-6-4-5-7-25(23)29(26)34/h4-9,11-12,21,26-27,29H,10,13-20,34H2,1-3H3,(H,35,41)/t26?,27-,29?/m1/s1. The number of carbonyl (C=O) groups excluding carboxylic acids is 2. The topological polar surface area (TPSA) is 119 Å². The molecule has 2 aromatic carbocycles. The fraction of sp³-hybridized carbons (Fsp3) is 0.531. The molecule has 1 aliphatic carbocycles. The summed E-state index contributed by atoms with van der Waals surface area (Å²) >= 11 is 6.13. The van der Waals surface area contributed by atoms with E-state index in [0.29, 0.717) is 36.9 Å². The van der Waals surface area contributed by atoms with Crippen molar-refractivity contribution in [1.82, 2.24) is 30.4 Å². The smallest absolute Gasteiger partial charge is 0.245 e. The number of nitrogens with zero attached hydrogens (tertiary/aromatic N) is 5. The predicted molar refractivity (Wildman–Crippen MR) is 162 cm³/mol. The zero-order valence-corrected chi connectivity index (χ0v) is 25.6. The quantitative estimate of drug-likeness (QED) is 0.387. The van der Waals surface area contributed by atoms with E-state index in [1.54, 1.807) is 4.68 Å². The highest BCUT2D eigenvalue weighted by molar-refractivity contribution is 6.30. The molecular weight excluding hydrogens is 550 g/mol. The highest BCUT2D eigenvalue weighted by atomic mass is 35.5. The van der Waals surface area contributed by atoms with Gasteiger partial charge in [-0.1, -0.05) is 61.8 Å². The van der Waals surface area contributed by atoms with Crippen LogP contribution in [0.1, 0.15) is 68.1 Å². The summed E-state index contributed by atoms with van der Waals surface area (Å²) in [6.07, 6.45) is 5.37. The number of nitrogens with two attached hydrogens (primary N) is 1. The van der Waals surface area contributed by atoms with Gasteiger partial charge in [-0.25, -0.2) is 4.68 Å². The Morgan fingerprint density at radius 1 is 1.12 bits per heavy atom. The summed E-state index contributed by atoms with van der Waals surface area (Å²) in [7, 11) is 1.87. The van der Waals surface area contributed by atoms with Crippen LogP contribution in [0.3, 0.4) is 0 Å². The van der Waals surface area contributed by atoms with Gasteiger partial charge in [0.05, 0.1) is 5.92 Å². The van der Waals surface area contributed by atoms with E-state index in [0.717, 1.165) is 49.1 Å². The number of benzene rings is 2. The third kappa shape index (κ3) is 6.84. The van der Waals surface area contributed by atoms with Gasteiger partial charge in [0.1, 0.15) is 6.04 Å². The molecule has 5 rings (SSSR count). The second kappa shape index (κ2) is 12.9. The van der Waals surface area contributed by atoms with Gasteiger partial charge in [-0.3, -0.25) is 9.59 Å². The van der Waals surface area contributed by atoms with E-state index in [-0.39, 0.29) is 23.1 Å². The fourth-order valence-corrected chi connectivity index (χ4v) is 7.02. The first-order valence-corrected chi connectivity index (χ1v) is 15.4. The number of tetrazole rings is 1. The van der Waals surface area contributed by atoms with Crippen LogP contribution in [0.25, 0.3) is 0 Å². The number of hydrogen-bond acceptors (Lipinski definition) is 6. The van der Waals surface area contributed by atoms with Crippen molar-refractivity contribution in [3.63, 3.8) is 0 Å².